The molecule has 2 aromatic heterocycles. The Morgan fingerprint density at radius 3 is 2.63 bits per heavy atom. The van der Waals surface area contributed by atoms with Crippen LogP contribution in [0.1, 0.15) is 6.92 Å². The Morgan fingerprint density at radius 1 is 1.11 bits per heavy atom. The van der Waals surface area contributed by atoms with E-state index in [0.29, 0.717) is 6.61 Å². The molecule has 0 unspecified atom stereocenters. The van der Waals surface area contributed by atoms with Gasteiger partial charge in [0, 0.05) is 21.5 Å². The standard InChI is InChI=1S/C15H13IN2O/c1-2-19-13-6-3-11(4-7-13)14-10-18-9-12(16)5-8-15(18)17-14/h3-10H,2H2,1H3. The van der Waals surface area contributed by atoms with Gasteiger partial charge in [0.15, 0.2) is 0 Å². The molecule has 0 aliphatic carbocycles. The number of nitrogens with zero attached hydrogens (tertiary/aromatic N) is 2. The zero-order valence-corrected chi connectivity index (χ0v) is 12.7. The number of aromatic nitrogens is 2. The van der Waals surface area contributed by atoms with Crippen molar-refractivity contribution in [1.82, 2.24) is 9.38 Å². The van der Waals surface area contributed by atoms with E-state index in [0.717, 1.165) is 22.7 Å². The molecule has 96 valence electrons. The molecule has 0 aliphatic heterocycles. The Morgan fingerprint density at radius 2 is 1.89 bits per heavy atom. The molecule has 0 N–H and O–H groups in total. The summed E-state index contributed by atoms with van der Waals surface area (Å²) < 4.78 is 8.69. The van der Waals surface area contributed by atoms with Gasteiger partial charge in [0.25, 0.3) is 0 Å². The van der Waals surface area contributed by atoms with Crippen LogP contribution in [0.25, 0.3) is 16.9 Å². The van der Waals surface area contributed by atoms with E-state index < -0.39 is 0 Å². The van der Waals surface area contributed by atoms with E-state index in [2.05, 4.69) is 39.8 Å². The number of halogens is 1. The summed E-state index contributed by atoms with van der Waals surface area (Å²) >= 11 is 2.30. The maximum atomic E-state index is 5.44. The first-order chi connectivity index (χ1) is 9.26. The van der Waals surface area contributed by atoms with Gasteiger partial charge >= 0.3 is 0 Å². The second-order valence-corrected chi connectivity index (χ2v) is 5.44. The molecule has 0 saturated carbocycles. The summed E-state index contributed by atoms with van der Waals surface area (Å²) in [6.45, 7) is 2.67. The lowest BCUT2D eigenvalue weighted by atomic mass is 10.2. The minimum absolute atomic E-state index is 0.687. The molecule has 3 rings (SSSR count). The van der Waals surface area contributed by atoms with Gasteiger partial charge < -0.3 is 9.14 Å². The summed E-state index contributed by atoms with van der Waals surface area (Å²) in [5, 5.41) is 0. The molecular weight excluding hydrogens is 351 g/mol. The lowest BCUT2D eigenvalue weighted by Gasteiger charge is -2.02. The SMILES string of the molecule is CCOc1ccc(-c2cn3cc(I)ccc3n2)cc1. The molecule has 4 heteroatoms. The molecule has 0 spiro atoms. The Bertz CT molecular complexity index is 704. The molecule has 2 heterocycles. The maximum absolute atomic E-state index is 5.44. The maximum Gasteiger partial charge on any atom is 0.137 e. The highest BCUT2D eigenvalue weighted by atomic mass is 127. The van der Waals surface area contributed by atoms with Crippen molar-refractivity contribution in [2.75, 3.05) is 6.61 Å². The van der Waals surface area contributed by atoms with Crippen molar-refractivity contribution in [3.05, 3.63) is 52.4 Å². The van der Waals surface area contributed by atoms with Crippen LogP contribution in [0.15, 0.2) is 48.8 Å². The van der Waals surface area contributed by atoms with Gasteiger partial charge in [-0.25, -0.2) is 4.98 Å². The number of benzene rings is 1. The normalized spacial score (nSPS) is 10.8. The van der Waals surface area contributed by atoms with E-state index in [1.54, 1.807) is 0 Å². The molecule has 0 atom stereocenters. The van der Waals surface area contributed by atoms with Gasteiger partial charge in [0.05, 0.1) is 12.3 Å². The first-order valence-electron chi connectivity index (χ1n) is 6.14. The summed E-state index contributed by atoms with van der Waals surface area (Å²) in [5.41, 5.74) is 3.04. The van der Waals surface area contributed by atoms with Crippen molar-refractivity contribution in [3.63, 3.8) is 0 Å². The van der Waals surface area contributed by atoms with Gasteiger partial charge in [-0.15, -0.1) is 0 Å². The molecule has 0 fully saturated rings. The van der Waals surface area contributed by atoms with Gasteiger partial charge in [-0.1, -0.05) is 0 Å². The average molecular weight is 364 g/mol. The summed E-state index contributed by atoms with van der Waals surface area (Å²) in [6.07, 6.45) is 4.12. The van der Waals surface area contributed by atoms with Crippen LogP contribution in [0.4, 0.5) is 0 Å². The van der Waals surface area contributed by atoms with Crippen molar-refractivity contribution in [2.24, 2.45) is 0 Å². The molecule has 0 aliphatic rings. The van der Waals surface area contributed by atoms with Crippen molar-refractivity contribution in [2.45, 2.75) is 6.92 Å². The molecule has 19 heavy (non-hydrogen) atoms. The number of hydrogen-bond acceptors (Lipinski definition) is 2. The highest BCUT2D eigenvalue weighted by molar-refractivity contribution is 14.1. The summed E-state index contributed by atoms with van der Waals surface area (Å²) in [6, 6.07) is 12.1. The minimum atomic E-state index is 0.687. The number of pyridine rings is 1. The average Bonchev–Trinajstić information content (AvgIpc) is 2.83. The first-order valence-corrected chi connectivity index (χ1v) is 7.21. The van der Waals surface area contributed by atoms with Crippen molar-refractivity contribution in [1.29, 1.82) is 0 Å². The van der Waals surface area contributed by atoms with E-state index in [4.69, 9.17) is 4.74 Å². The molecule has 0 radical (unpaired) electrons. The first kappa shape index (κ1) is 12.5. The van der Waals surface area contributed by atoms with Crippen LogP contribution >= 0.6 is 22.6 Å². The van der Waals surface area contributed by atoms with E-state index in [1.807, 2.05) is 47.9 Å². The lowest BCUT2D eigenvalue weighted by Crippen LogP contribution is -1.90. The number of rotatable bonds is 3. The van der Waals surface area contributed by atoms with E-state index in [9.17, 15) is 0 Å². The fourth-order valence-corrected chi connectivity index (χ4v) is 2.47. The fraction of sp³-hybridized carbons (Fsp3) is 0.133. The van der Waals surface area contributed by atoms with Gasteiger partial charge in [0.1, 0.15) is 11.4 Å². The van der Waals surface area contributed by atoms with Crippen molar-refractivity contribution >= 4 is 28.2 Å². The molecule has 0 saturated heterocycles. The van der Waals surface area contributed by atoms with E-state index in [1.165, 1.54) is 3.57 Å². The Kier molecular flexibility index (Phi) is 3.42. The molecule has 1 aromatic carbocycles. The van der Waals surface area contributed by atoms with Crippen molar-refractivity contribution < 1.29 is 4.74 Å². The van der Waals surface area contributed by atoms with Crippen LogP contribution in [0.2, 0.25) is 0 Å². The zero-order chi connectivity index (χ0) is 13.2. The fourth-order valence-electron chi connectivity index (χ4n) is 1.99. The summed E-state index contributed by atoms with van der Waals surface area (Å²) in [7, 11) is 0. The topological polar surface area (TPSA) is 26.5 Å². The number of imidazole rings is 1. The monoisotopic (exact) mass is 364 g/mol. The zero-order valence-electron chi connectivity index (χ0n) is 10.5. The van der Waals surface area contributed by atoms with Gasteiger partial charge in [0.2, 0.25) is 0 Å². The molecule has 3 aromatic rings. The number of ether oxygens (including phenoxy) is 1. The van der Waals surface area contributed by atoms with Gasteiger partial charge in [-0.2, -0.15) is 0 Å². The van der Waals surface area contributed by atoms with Gasteiger partial charge in [-0.3, -0.25) is 0 Å². The van der Waals surface area contributed by atoms with Crippen LogP contribution in [-0.4, -0.2) is 16.0 Å². The molecule has 0 amide bonds. The Labute approximate surface area is 125 Å². The van der Waals surface area contributed by atoms with Crippen LogP contribution in [0.3, 0.4) is 0 Å². The highest BCUT2D eigenvalue weighted by Gasteiger charge is 2.04. The minimum Gasteiger partial charge on any atom is -0.494 e. The van der Waals surface area contributed by atoms with Crippen LogP contribution in [-0.2, 0) is 0 Å². The highest BCUT2D eigenvalue weighted by Crippen LogP contribution is 2.22. The lowest BCUT2D eigenvalue weighted by molar-refractivity contribution is 0.340. The smallest absolute Gasteiger partial charge is 0.137 e. The predicted molar refractivity (Wildman–Crippen MR) is 84.5 cm³/mol. The largest absolute Gasteiger partial charge is 0.494 e. The molecule has 3 nitrogen and oxygen atoms in total. The van der Waals surface area contributed by atoms with Crippen LogP contribution in [0, 0.1) is 3.57 Å². The summed E-state index contributed by atoms with van der Waals surface area (Å²) in [4.78, 5) is 4.62. The third-order valence-electron chi connectivity index (χ3n) is 2.88. The molecule has 0 bridgehead atoms. The Hall–Kier alpha value is -1.56. The second kappa shape index (κ2) is 5.21. The third kappa shape index (κ3) is 2.58. The van der Waals surface area contributed by atoms with Crippen molar-refractivity contribution in [3.8, 4) is 17.0 Å². The second-order valence-electron chi connectivity index (χ2n) is 4.20. The van der Waals surface area contributed by atoms with Crippen LogP contribution in [0.5, 0.6) is 5.75 Å². The summed E-state index contributed by atoms with van der Waals surface area (Å²) in [5.74, 6) is 0.893. The van der Waals surface area contributed by atoms with Crippen LogP contribution < -0.4 is 4.74 Å². The molecular formula is C15H13IN2O. The Balaban J connectivity index is 1.99. The quantitative estimate of drug-likeness (QED) is 0.657. The number of hydrogen-bond donors (Lipinski definition) is 0. The van der Waals surface area contributed by atoms with Gasteiger partial charge in [-0.05, 0) is 65.9 Å². The van der Waals surface area contributed by atoms with E-state index in [-0.39, 0.29) is 0 Å². The number of fused-ring (bicyclic) bond motifs is 1. The predicted octanol–water partition coefficient (Wildman–Crippen LogP) is 4.00. The van der Waals surface area contributed by atoms with E-state index >= 15 is 0 Å². The third-order valence-corrected chi connectivity index (χ3v) is 3.51.